The molecule has 0 aliphatic heterocycles. The number of thioether (sulfide) groups is 1. The maximum Gasteiger partial charge on any atom is 0.129 e. The summed E-state index contributed by atoms with van der Waals surface area (Å²) in [7, 11) is 10.5. The second-order valence-electron chi connectivity index (χ2n) is 2.79. The fourth-order valence-corrected chi connectivity index (χ4v) is 2.39. The maximum atomic E-state index is 13.4. The van der Waals surface area contributed by atoms with Crippen LogP contribution in [-0.2, 0) is 5.40 Å². The Labute approximate surface area is 97.4 Å². The Morgan fingerprint density at radius 1 is 1.50 bits per heavy atom. The molecule has 0 bridgehead atoms. The fourth-order valence-electron chi connectivity index (χ4n) is 1.10. The van der Waals surface area contributed by atoms with Gasteiger partial charge in [-0.1, -0.05) is 15.9 Å². The molecule has 0 saturated heterocycles. The van der Waals surface area contributed by atoms with E-state index < -0.39 is 11.2 Å². The van der Waals surface area contributed by atoms with Crippen LogP contribution in [-0.4, -0.2) is 27.1 Å². The number of halogens is 2. The predicted molar refractivity (Wildman–Crippen MR) is 61.3 cm³/mol. The molecule has 1 aromatic rings. The van der Waals surface area contributed by atoms with Crippen molar-refractivity contribution in [1.29, 1.82) is 0 Å². The first kappa shape index (κ1) is 12.1. The van der Waals surface area contributed by atoms with Crippen LogP contribution < -0.4 is 0 Å². The van der Waals surface area contributed by atoms with Gasteiger partial charge < -0.3 is 5.11 Å². The van der Waals surface area contributed by atoms with Crippen molar-refractivity contribution in [2.45, 2.75) is 10.3 Å². The van der Waals surface area contributed by atoms with E-state index in [0.717, 1.165) is 0 Å². The van der Waals surface area contributed by atoms with Crippen molar-refractivity contribution in [2.75, 3.05) is 6.26 Å². The number of aliphatic hydroxyl groups is 1. The number of benzene rings is 1. The van der Waals surface area contributed by atoms with Gasteiger partial charge in [-0.25, -0.2) is 4.39 Å². The quantitative estimate of drug-likeness (QED) is 0.653. The zero-order valence-electron chi connectivity index (χ0n) is 7.42. The molecule has 0 unspecified atom stereocenters. The van der Waals surface area contributed by atoms with Gasteiger partial charge in [0, 0.05) is 20.3 Å². The smallest absolute Gasteiger partial charge is 0.129 e. The lowest BCUT2D eigenvalue weighted by atomic mass is 9.61. The third kappa shape index (κ3) is 2.55. The van der Waals surface area contributed by atoms with Crippen molar-refractivity contribution in [2.24, 2.45) is 0 Å². The first-order valence-electron chi connectivity index (χ1n) is 3.70. The van der Waals surface area contributed by atoms with Crippen LogP contribution in [0, 0.1) is 5.82 Å². The zero-order chi connectivity index (χ0) is 10.9. The van der Waals surface area contributed by atoms with Gasteiger partial charge in [-0.15, -0.1) is 11.8 Å². The predicted octanol–water partition coefficient (Wildman–Crippen LogP) is 1.75. The normalized spacial score (nSPS) is 11.7. The van der Waals surface area contributed by atoms with Gasteiger partial charge in [-0.05, 0) is 18.4 Å². The molecule has 4 radical (unpaired) electrons. The average molecular weight is 271 g/mol. The summed E-state index contributed by atoms with van der Waals surface area (Å²) < 4.78 is 14.0. The molecule has 1 nitrogen and oxygen atoms in total. The van der Waals surface area contributed by atoms with Crippen LogP contribution >= 0.6 is 27.7 Å². The number of hydrogen-bond donors (Lipinski definition) is 1. The molecule has 0 saturated carbocycles. The molecule has 0 atom stereocenters. The van der Waals surface area contributed by atoms with E-state index >= 15 is 0 Å². The van der Waals surface area contributed by atoms with Crippen LogP contribution in [0.3, 0.4) is 0 Å². The summed E-state index contributed by atoms with van der Waals surface area (Å²) in [5, 5.41) is 7.21. The lowest BCUT2D eigenvalue weighted by Gasteiger charge is -2.22. The SMILES string of the molecule is [B]C([B])(O)c1c(F)cc(Br)cc1SC. The van der Waals surface area contributed by atoms with Gasteiger partial charge in [0.15, 0.2) is 0 Å². The molecule has 70 valence electrons. The molecule has 1 rings (SSSR count). The standard InChI is InChI=1S/C8H6B2BrFOS/c1-14-6-3-4(11)2-5(12)7(6)8(9,10)13/h2-3,13H,1H3. The molecule has 0 aromatic heterocycles. The molecule has 1 N–H and O–H groups in total. The molecule has 14 heavy (non-hydrogen) atoms. The minimum absolute atomic E-state index is 0.0896. The molecule has 0 fully saturated rings. The van der Waals surface area contributed by atoms with Crippen molar-refractivity contribution in [3.8, 4) is 0 Å². The largest absolute Gasteiger partial charge is 0.405 e. The molecular weight excluding hydrogens is 265 g/mol. The van der Waals surface area contributed by atoms with Crippen molar-refractivity contribution in [1.82, 2.24) is 0 Å². The summed E-state index contributed by atoms with van der Waals surface area (Å²) >= 11 is 4.40. The molecule has 0 aliphatic rings. The Hall–Kier alpha value is 0.0699. The van der Waals surface area contributed by atoms with E-state index in [1.54, 1.807) is 12.3 Å². The molecule has 0 spiro atoms. The van der Waals surface area contributed by atoms with E-state index in [1.807, 2.05) is 0 Å². The van der Waals surface area contributed by atoms with Crippen LogP contribution in [0.1, 0.15) is 5.56 Å². The maximum absolute atomic E-state index is 13.4. The third-order valence-corrected chi connectivity index (χ3v) is 2.86. The van der Waals surface area contributed by atoms with Crippen LogP contribution in [0.4, 0.5) is 4.39 Å². The summed E-state index contributed by atoms with van der Waals surface area (Å²) in [6.45, 7) is 0. The molecule has 6 heteroatoms. The van der Waals surface area contributed by atoms with Crippen LogP contribution in [0.15, 0.2) is 21.5 Å². The van der Waals surface area contributed by atoms with E-state index in [0.29, 0.717) is 9.37 Å². The monoisotopic (exact) mass is 270 g/mol. The minimum Gasteiger partial charge on any atom is -0.405 e. The Morgan fingerprint density at radius 2 is 2.07 bits per heavy atom. The Balaban J connectivity index is 3.40. The number of hydrogen-bond acceptors (Lipinski definition) is 2. The van der Waals surface area contributed by atoms with Crippen LogP contribution in [0.2, 0.25) is 0 Å². The van der Waals surface area contributed by atoms with Gasteiger partial charge in [-0.3, -0.25) is 0 Å². The van der Waals surface area contributed by atoms with E-state index in [-0.39, 0.29) is 5.56 Å². The summed E-state index contributed by atoms with van der Waals surface area (Å²) in [5.74, 6) is -0.628. The first-order chi connectivity index (χ1) is 6.36. The van der Waals surface area contributed by atoms with Gasteiger partial charge in [0.25, 0.3) is 0 Å². The van der Waals surface area contributed by atoms with Crippen LogP contribution in [0.25, 0.3) is 0 Å². The van der Waals surface area contributed by atoms with Crippen molar-refractivity contribution in [3.63, 3.8) is 0 Å². The average Bonchev–Trinajstić information content (AvgIpc) is 1.99. The molecule has 0 heterocycles. The Bertz CT molecular complexity index is 354. The topological polar surface area (TPSA) is 20.2 Å². The molecule has 1 aromatic carbocycles. The lowest BCUT2D eigenvalue weighted by molar-refractivity contribution is 0.208. The second kappa shape index (κ2) is 4.29. The van der Waals surface area contributed by atoms with E-state index in [1.165, 1.54) is 17.8 Å². The highest BCUT2D eigenvalue weighted by molar-refractivity contribution is 9.10. The van der Waals surface area contributed by atoms with Crippen molar-refractivity contribution in [3.05, 3.63) is 28.0 Å². The van der Waals surface area contributed by atoms with E-state index in [4.69, 9.17) is 15.7 Å². The van der Waals surface area contributed by atoms with Crippen molar-refractivity contribution >= 4 is 43.4 Å². The van der Waals surface area contributed by atoms with Crippen molar-refractivity contribution < 1.29 is 9.50 Å². The summed E-state index contributed by atoms with van der Waals surface area (Å²) in [5.41, 5.74) is -0.0896. The van der Waals surface area contributed by atoms with E-state index in [9.17, 15) is 9.50 Å². The fraction of sp³-hybridized carbons (Fsp3) is 0.250. The molecular formula is C8H6B2BrFOS. The van der Waals surface area contributed by atoms with Gasteiger partial charge in [0.05, 0.1) is 0 Å². The summed E-state index contributed by atoms with van der Waals surface area (Å²) in [6.07, 6.45) is 1.75. The zero-order valence-corrected chi connectivity index (χ0v) is 9.82. The highest BCUT2D eigenvalue weighted by atomic mass is 79.9. The Kier molecular flexibility index (Phi) is 3.72. The van der Waals surface area contributed by atoms with Gasteiger partial charge in [0.1, 0.15) is 21.5 Å². The first-order valence-corrected chi connectivity index (χ1v) is 5.71. The van der Waals surface area contributed by atoms with Gasteiger partial charge in [0.2, 0.25) is 0 Å². The number of rotatable bonds is 2. The van der Waals surface area contributed by atoms with Gasteiger partial charge in [-0.2, -0.15) is 0 Å². The van der Waals surface area contributed by atoms with Gasteiger partial charge >= 0.3 is 0 Å². The van der Waals surface area contributed by atoms with Crippen LogP contribution in [0.5, 0.6) is 0 Å². The summed E-state index contributed by atoms with van der Waals surface area (Å²) in [6, 6.07) is 2.85. The second-order valence-corrected chi connectivity index (χ2v) is 4.55. The molecule has 0 aliphatic carbocycles. The molecule has 0 amide bonds. The highest BCUT2D eigenvalue weighted by Gasteiger charge is 2.23. The highest BCUT2D eigenvalue weighted by Crippen LogP contribution is 2.32. The Morgan fingerprint density at radius 3 is 2.50 bits per heavy atom. The minimum atomic E-state index is -2.15. The third-order valence-electron chi connectivity index (χ3n) is 1.64. The van der Waals surface area contributed by atoms with E-state index in [2.05, 4.69) is 15.9 Å². The summed E-state index contributed by atoms with van der Waals surface area (Å²) in [4.78, 5) is 0.504. The lowest BCUT2D eigenvalue weighted by Crippen LogP contribution is -2.28.